The molecule has 4 aromatic rings. The van der Waals surface area contributed by atoms with E-state index in [4.69, 9.17) is 0 Å². The second kappa shape index (κ2) is 8.21. The first-order chi connectivity index (χ1) is 14.5. The third kappa shape index (κ3) is 4.07. The van der Waals surface area contributed by atoms with Crippen LogP contribution in [0.1, 0.15) is 35.8 Å². The fraction of sp³-hybridized carbons (Fsp3) is 0.125. The van der Waals surface area contributed by atoms with Gasteiger partial charge in [-0.1, -0.05) is 24.3 Å². The lowest BCUT2D eigenvalue weighted by Crippen LogP contribution is -2.26. The number of benzene rings is 3. The molecule has 0 spiro atoms. The molecular formula is C24H22N4O2. The number of hydrogen-bond donors (Lipinski definition) is 2. The number of rotatable bonds is 5. The summed E-state index contributed by atoms with van der Waals surface area (Å²) in [4.78, 5) is 28.4. The predicted molar refractivity (Wildman–Crippen MR) is 118 cm³/mol. The molecule has 0 saturated heterocycles. The van der Waals surface area contributed by atoms with Crippen LogP contribution in [0.4, 0.5) is 5.69 Å². The molecule has 2 N–H and O–H groups in total. The van der Waals surface area contributed by atoms with Crippen molar-refractivity contribution >= 4 is 28.5 Å². The lowest BCUT2D eigenvalue weighted by molar-refractivity contribution is -0.114. The summed E-state index contributed by atoms with van der Waals surface area (Å²) in [6.45, 7) is 3.38. The van der Waals surface area contributed by atoms with E-state index in [1.54, 1.807) is 18.5 Å². The molecule has 1 aromatic heterocycles. The Morgan fingerprint density at radius 2 is 1.73 bits per heavy atom. The van der Waals surface area contributed by atoms with E-state index < -0.39 is 0 Å². The molecule has 0 saturated carbocycles. The van der Waals surface area contributed by atoms with Crippen LogP contribution in [0, 0.1) is 0 Å². The minimum Gasteiger partial charge on any atom is -0.346 e. The molecule has 1 heterocycles. The van der Waals surface area contributed by atoms with E-state index in [-0.39, 0.29) is 17.9 Å². The summed E-state index contributed by atoms with van der Waals surface area (Å²) >= 11 is 0. The van der Waals surface area contributed by atoms with Gasteiger partial charge in [0.15, 0.2) is 0 Å². The summed E-state index contributed by atoms with van der Waals surface area (Å²) < 4.78 is 1.99. The van der Waals surface area contributed by atoms with Crippen LogP contribution >= 0.6 is 0 Å². The molecule has 0 aliphatic rings. The average Bonchev–Trinajstić information content (AvgIpc) is 3.18. The molecule has 6 nitrogen and oxygen atoms in total. The third-order valence-electron chi connectivity index (χ3n) is 4.92. The van der Waals surface area contributed by atoms with Crippen molar-refractivity contribution < 1.29 is 9.59 Å². The van der Waals surface area contributed by atoms with Gasteiger partial charge >= 0.3 is 0 Å². The number of amides is 2. The summed E-state index contributed by atoms with van der Waals surface area (Å²) in [6, 6.07) is 22.6. The van der Waals surface area contributed by atoms with Gasteiger partial charge in [-0.2, -0.15) is 0 Å². The fourth-order valence-electron chi connectivity index (χ4n) is 3.39. The van der Waals surface area contributed by atoms with Crippen LogP contribution in [-0.4, -0.2) is 21.4 Å². The van der Waals surface area contributed by atoms with Crippen LogP contribution in [0.3, 0.4) is 0 Å². The molecule has 0 aliphatic carbocycles. The molecule has 0 bridgehead atoms. The molecule has 0 aliphatic heterocycles. The van der Waals surface area contributed by atoms with Gasteiger partial charge in [0, 0.05) is 23.9 Å². The van der Waals surface area contributed by atoms with Crippen molar-refractivity contribution in [1.82, 2.24) is 14.9 Å². The maximum absolute atomic E-state index is 12.7. The van der Waals surface area contributed by atoms with E-state index in [0.717, 1.165) is 22.3 Å². The zero-order valence-corrected chi connectivity index (χ0v) is 16.8. The number of nitrogens with one attached hydrogen (secondary N) is 2. The van der Waals surface area contributed by atoms with Crippen molar-refractivity contribution in [3.05, 3.63) is 90.3 Å². The first-order valence-corrected chi connectivity index (χ1v) is 9.72. The molecule has 30 heavy (non-hydrogen) atoms. The molecule has 2 amide bonds. The minimum absolute atomic E-state index is 0.130. The van der Waals surface area contributed by atoms with Gasteiger partial charge in [-0.05, 0) is 61.0 Å². The van der Waals surface area contributed by atoms with Gasteiger partial charge in [0.2, 0.25) is 5.91 Å². The standard InChI is InChI=1S/C24H22N4O2/c1-16(19-6-5-7-20(14-19)27-17(2)29)26-24(30)18-10-12-21(13-11-18)28-15-25-22-8-3-4-9-23(22)28/h3-16H,1-2H3,(H,26,30)(H,27,29). The molecular weight excluding hydrogens is 376 g/mol. The Labute approximate surface area is 174 Å². The number of imidazole rings is 1. The topological polar surface area (TPSA) is 76.0 Å². The average molecular weight is 398 g/mol. The van der Waals surface area contributed by atoms with Gasteiger partial charge in [0.05, 0.1) is 17.1 Å². The highest BCUT2D eigenvalue weighted by atomic mass is 16.2. The van der Waals surface area contributed by atoms with Gasteiger partial charge < -0.3 is 10.6 Å². The number of aromatic nitrogens is 2. The van der Waals surface area contributed by atoms with Crippen molar-refractivity contribution in [1.29, 1.82) is 0 Å². The predicted octanol–water partition coefficient (Wildman–Crippen LogP) is 4.47. The van der Waals surface area contributed by atoms with E-state index in [2.05, 4.69) is 15.6 Å². The number of fused-ring (bicyclic) bond motifs is 1. The van der Waals surface area contributed by atoms with E-state index in [1.807, 2.05) is 72.2 Å². The van der Waals surface area contributed by atoms with Crippen LogP contribution in [0.25, 0.3) is 16.7 Å². The Bertz CT molecular complexity index is 1210. The molecule has 150 valence electrons. The molecule has 0 fully saturated rings. The van der Waals surface area contributed by atoms with Crippen molar-refractivity contribution in [2.24, 2.45) is 0 Å². The Kier molecular flexibility index (Phi) is 5.30. The number of anilines is 1. The van der Waals surface area contributed by atoms with Crippen molar-refractivity contribution in [3.8, 4) is 5.69 Å². The van der Waals surface area contributed by atoms with Gasteiger partial charge in [0.1, 0.15) is 6.33 Å². The van der Waals surface area contributed by atoms with E-state index >= 15 is 0 Å². The number of carbonyl (C=O) groups is 2. The second-order valence-electron chi connectivity index (χ2n) is 7.15. The largest absolute Gasteiger partial charge is 0.346 e. The third-order valence-corrected chi connectivity index (χ3v) is 4.92. The fourth-order valence-corrected chi connectivity index (χ4v) is 3.39. The number of para-hydroxylation sites is 2. The van der Waals surface area contributed by atoms with Crippen LogP contribution in [0.2, 0.25) is 0 Å². The van der Waals surface area contributed by atoms with E-state index in [9.17, 15) is 9.59 Å². The normalized spacial score (nSPS) is 11.8. The minimum atomic E-state index is -0.205. The summed E-state index contributed by atoms with van der Waals surface area (Å²) in [7, 11) is 0. The summed E-state index contributed by atoms with van der Waals surface area (Å²) in [5, 5.41) is 5.76. The van der Waals surface area contributed by atoms with Crippen LogP contribution < -0.4 is 10.6 Å². The maximum Gasteiger partial charge on any atom is 0.251 e. The van der Waals surface area contributed by atoms with Crippen molar-refractivity contribution in [3.63, 3.8) is 0 Å². The highest BCUT2D eigenvalue weighted by molar-refractivity contribution is 5.94. The quantitative estimate of drug-likeness (QED) is 0.521. The van der Waals surface area contributed by atoms with Gasteiger partial charge in [-0.25, -0.2) is 4.98 Å². The summed E-state index contributed by atoms with van der Waals surface area (Å²) in [6.07, 6.45) is 1.78. The first kappa shape index (κ1) is 19.4. The number of carbonyl (C=O) groups excluding carboxylic acids is 2. The smallest absolute Gasteiger partial charge is 0.251 e. The Hall–Kier alpha value is -3.93. The lowest BCUT2D eigenvalue weighted by atomic mass is 10.1. The van der Waals surface area contributed by atoms with Gasteiger partial charge in [-0.3, -0.25) is 14.2 Å². The van der Waals surface area contributed by atoms with E-state index in [0.29, 0.717) is 11.3 Å². The molecule has 6 heteroatoms. The van der Waals surface area contributed by atoms with Gasteiger partial charge in [-0.15, -0.1) is 0 Å². The second-order valence-corrected chi connectivity index (χ2v) is 7.15. The highest BCUT2D eigenvalue weighted by Crippen LogP contribution is 2.20. The number of nitrogens with zero attached hydrogens (tertiary/aromatic N) is 2. The molecule has 3 aromatic carbocycles. The number of hydrogen-bond acceptors (Lipinski definition) is 3. The molecule has 4 rings (SSSR count). The van der Waals surface area contributed by atoms with Crippen LogP contribution in [0.5, 0.6) is 0 Å². The summed E-state index contributed by atoms with van der Waals surface area (Å²) in [5.74, 6) is -0.288. The van der Waals surface area contributed by atoms with Gasteiger partial charge in [0.25, 0.3) is 5.91 Å². The summed E-state index contributed by atoms with van der Waals surface area (Å²) in [5.41, 5.74) is 5.08. The van der Waals surface area contributed by atoms with Crippen molar-refractivity contribution in [2.45, 2.75) is 19.9 Å². The Morgan fingerprint density at radius 3 is 2.50 bits per heavy atom. The van der Waals surface area contributed by atoms with E-state index in [1.165, 1.54) is 6.92 Å². The van der Waals surface area contributed by atoms with Crippen LogP contribution in [0.15, 0.2) is 79.1 Å². The molecule has 0 radical (unpaired) electrons. The Balaban J connectivity index is 1.48. The molecule has 1 atom stereocenters. The lowest BCUT2D eigenvalue weighted by Gasteiger charge is -2.16. The zero-order valence-electron chi connectivity index (χ0n) is 16.8. The maximum atomic E-state index is 12.7. The van der Waals surface area contributed by atoms with Crippen LogP contribution in [-0.2, 0) is 4.79 Å². The first-order valence-electron chi connectivity index (χ1n) is 9.72. The SMILES string of the molecule is CC(=O)Nc1cccc(C(C)NC(=O)c2ccc(-n3cnc4ccccc43)cc2)c1. The zero-order chi connectivity index (χ0) is 21.1. The molecule has 1 unspecified atom stereocenters. The van der Waals surface area contributed by atoms with Crippen molar-refractivity contribution in [2.75, 3.05) is 5.32 Å². The highest BCUT2D eigenvalue weighted by Gasteiger charge is 2.13. The monoisotopic (exact) mass is 398 g/mol. The Morgan fingerprint density at radius 1 is 0.967 bits per heavy atom.